The Hall–Kier alpha value is -3.52. The van der Waals surface area contributed by atoms with Crippen molar-refractivity contribution >= 4 is 21.6 Å². The number of amides is 1. The highest BCUT2D eigenvalue weighted by Gasteiger charge is 2.38. The van der Waals surface area contributed by atoms with Gasteiger partial charge in [-0.1, -0.05) is 57.2 Å². The van der Waals surface area contributed by atoms with Crippen LogP contribution in [0.5, 0.6) is 11.5 Å². The van der Waals surface area contributed by atoms with Crippen LogP contribution in [0.1, 0.15) is 37.5 Å². The second-order valence-corrected chi connectivity index (χ2v) is 12.1. The molecule has 1 aliphatic heterocycles. The van der Waals surface area contributed by atoms with Gasteiger partial charge < -0.3 is 14.8 Å². The number of benzene rings is 3. The Labute approximate surface area is 219 Å². The minimum atomic E-state index is -3.93. The van der Waals surface area contributed by atoms with Gasteiger partial charge in [0.15, 0.2) is 6.10 Å². The summed E-state index contributed by atoms with van der Waals surface area (Å²) in [6, 6.07) is 19.6. The van der Waals surface area contributed by atoms with Crippen molar-refractivity contribution in [2.24, 2.45) is 0 Å². The molecule has 1 amide bonds. The summed E-state index contributed by atoms with van der Waals surface area (Å²) >= 11 is 0. The highest BCUT2D eigenvalue weighted by atomic mass is 32.2. The summed E-state index contributed by atoms with van der Waals surface area (Å²) in [5, 5.41) is 2.82. The van der Waals surface area contributed by atoms with Gasteiger partial charge in [0.25, 0.3) is 15.9 Å². The summed E-state index contributed by atoms with van der Waals surface area (Å²) in [5.74, 6) is 0.723. The maximum absolute atomic E-state index is 13.7. The first-order valence-electron chi connectivity index (χ1n) is 12.3. The standard InChI is InChI=1S/C29H34N2O5S/c1-20-10-9-13-25(21(20)2)35-17-16-30-28(32)27-19-31(37(33,34)23-11-7-6-8-12-23)24-18-22(29(3,4)5)14-15-26(24)36-27/h6-15,18,27H,16-17,19H2,1-5H3,(H,30,32)/t27-/m1/s1. The molecule has 0 saturated carbocycles. The third kappa shape index (κ3) is 5.74. The molecule has 4 rings (SSSR count). The minimum Gasteiger partial charge on any atom is -0.491 e. The van der Waals surface area contributed by atoms with Crippen molar-refractivity contribution in [1.29, 1.82) is 0 Å². The lowest BCUT2D eigenvalue weighted by Gasteiger charge is -2.36. The van der Waals surface area contributed by atoms with Crippen LogP contribution in [0.3, 0.4) is 0 Å². The number of carbonyl (C=O) groups excluding carboxylic acids is 1. The topological polar surface area (TPSA) is 84.9 Å². The van der Waals surface area contributed by atoms with E-state index in [9.17, 15) is 13.2 Å². The molecule has 196 valence electrons. The highest BCUT2D eigenvalue weighted by molar-refractivity contribution is 7.92. The number of ether oxygens (including phenoxy) is 2. The van der Waals surface area contributed by atoms with Gasteiger partial charge in [-0.3, -0.25) is 9.10 Å². The van der Waals surface area contributed by atoms with E-state index in [0.717, 1.165) is 22.4 Å². The zero-order valence-corrected chi connectivity index (χ0v) is 22.8. The van der Waals surface area contributed by atoms with Crippen molar-refractivity contribution in [3.05, 3.63) is 83.4 Å². The Bertz CT molecular complexity index is 1380. The van der Waals surface area contributed by atoms with Gasteiger partial charge >= 0.3 is 0 Å². The van der Waals surface area contributed by atoms with E-state index in [-0.39, 0.29) is 30.0 Å². The summed E-state index contributed by atoms with van der Waals surface area (Å²) in [4.78, 5) is 13.2. The maximum atomic E-state index is 13.7. The van der Waals surface area contributed by atoms with Crippen LogP contribution in [0.15, 0.2) is 71.6 Å². The Morgan fingerprint density at radius 2 is 1.78 bits per heavy atom. The molecule has 0 spiro atoms. The van der Waals surface area contributed by atoms with Gasteiger partial charge in [-0.05, 0) is 66.3 Å². The van der Waals surface area contributed by atoms with Crippen LogP contribution in [-0.2, 0) is 20.2 Å². The number of hydrogen-bond donors (Lipinski definition) is 1. The summed E-state index contributed by atoms with van der Waals surface area (Å²) in [5.41, 5.74) is 3.39. The molecule has 0 saturated heterocycles. The molecule has 0 aliphatic carbocycles. The molecule has 1 heterocycles. The van der Waals surface area contributed by atoms with E-state index in [4.69, 9.17) is 9.47 Å². The van der Waals surface area contributed by atoms with E-state index < -0.39 is 22.0 Å². The van der Waals surface area contributed by atoms with Gasteiger partial charge in [-0.25, -0.2) is 8.42 Å². The highest BCUT2D eigenvalue weighted by Crippen LogP contribution is 2.40. The largest absolute Gasteiger partial charge is 0.491 e. The molecule has 0 radical (unpaired) electrons. The molecule has 37 heavy (non-hydrogen) atoms. The molecule has 8 heteroatoms. The van der Waals surface area contributed by atoms with Crippen molar-refractivity contribution in [3.63, 3.8) is 0 Å². The Morgan fingerprint density at radius 1 is 1.05 bits per heavy atom. The predicted molar refractivity (Wildman–Crippen MR) is 145 cm³/mol. The van der Waals surface area contributed by atoms with Gasteiger partial charge in [-0.2, -0.15) is 0 Å². The molecule has 3 aromatic rings. The molecule has 0 aromatic heterocycles. The van der Waals surface area contributed by atoms with E-state index in [1.165, 1.54) is 4.31 Å². The number of anilines is 1. The number of carbonyl (C=O) groups is 1. The van der Waals surface area contributed by atoms with Gasteiger partial charge in [0.2, 0.25) is 0 Å². The van der Waals surface area contributed by atoms with Crippen LogP contribution >= 0.6 is 0 Å². The molecule has 3 aromatic carbocycles. The van der Waals surface area contributed by atoms with Crippen molar-refractivity contribution in [2.45, 2.75) is 51.0 Å². The number of fused-ring (bicyclic) bond motifs is 1. The number of nitrogens with one attached hydrogen (secondary N) is 1. The van der Waals surface area contributed by atoms with Crippen LogP contribution in [0, 0.1) is 13.8 Å². The monoisotopic (exact) mass is 522 g/mol. The molecule has 0 fully saturated rings. The zero-order chi connectivity index (χ0) is 26.8. The molecule has 1 N–H and O–H groups in total. The second kappa shape index (κ2) is 10.5. The Balaban J connectivity index is 1.54. The quantitative estimate of drug-likeness (QED) is 0.453. The summed E-state index contributed by atoms with van der Waals surface area (Å²) < 4.78 is 40.5. The number of sulfonamides is 1. The van der Waals surface area contributed by atoms with Crippen LogP contribution in [-0.4, -0.2) is 40.1 Å². The summed E-state index contributed by atoms with van der Waals surface area (Å²) in [6.07, 6.45) is -1.01. The Morgan fingerprint density at radius 3 is 2.49 bits per heavy atom. The van der Waals surface area contributed by atoms with Crippen LogP contribution < -0.4 is 19.1 Å². The lowest BCUT2D eigenvalue weighted by atomic mass is 9.86. The zero-order valence-electron chi connectivity index (χ0n) is 21.9. The lowest BCUT2D eigenvalue weighted by molar-refractivity contribution is -0.127. The number of aryl methyl sites for hydroxylation is 1. The first kappa shape index (κ1) is 26.5. The van der Waals surface area contributed by atoms with Gasteiger partial charge in [0, 0.05) is 0 Å². The number of hydrogen-bond acceptors (Lipinski definition) is 5. The Kier molecular flexibility index (Phi) is 7.50. The van der Waals surface area contributed by atoms with Crippen molar-refractivity contribution in [1.82, 2.24) is 5.32 Å². The average molecular weight is 523 g/mol. The third-order valence-electron chi connectivity index (χ3n) is 6.53. The fourth-order valence-corrected chi connectivity index (χ4v) is 5.62. The third-order valence-corrected chi connectivity index (χ3v) is 8.33. The first-order valence-corrected chi connectivity index (χ1v) is 13.8. The molecule has 0 unspecified atom stereocenters. The molecular formula is C29H34N2O5S. The normalized spacial score (nSPS) is 15.5. The van der Waals surface area contributed by atoms with Gasteiger partial charge in [0.1, 0.15) is 18.1 Å². The van der Waals surface area contributed by atoms with Crippen LogP contribution in [0.25, 0.3) is 0 Å². The van der Waals surface area contributed by atoms with E-state index >= 15 is 0 Å². The van der Waals surface area contributed by atoms with Crippen molar-refractivity contribution in [3.8, 4) is 11.5 Å². The van der Waals surface area contributed by atoms with Crippen molar-refractivity contribution in [2.75, 3.05) is 24.0 Å². The molecule has 0 bridgehead atoms. The predicted octanol–water partition coefficient (Wildman–Crippen LogP) is 4.75. The van der Waals surface area contributed by atoms with E-state index in [2.05, 4.69) is 26.1 Å². The average Bonchev–Trinajstić information content (AvgIpc) is 2.87. The van der Waals surface area contributed by atoms with E-state index in [1.807, 2.05) is 44.2 Å². The minimum absolute atomic E-state index is 0.137. The number of nitrogens with zero attached hydrogens (tertiary/aromatic N) is 1. The van der Waals surface area contributed by atoms with Crippen molar-refractivity contribution < 1.29 is 22.7 Å². The second-order valence-electron chi connectivity index (χ2n) is 10.2. The van der Waals surface area contributed by atoms with Crippen LogP contribution in [0.2, 0.25) is 0 Å². The molecule has 1 aliphatic rings. The fourth-order valence-electron chi connectivity index (χ4n) is 4.13. The molecule has 7 nitrogen and oxygen atoms in total. The SMILES string of the molecule is Cc1cccc(OCCNC(=O)[C@H]2CN(S(=O)(=O)c3ccccc3)c3cc(C(C)(C)C)ccc3O2)c1C. The summed E-state index contributed by atoms with van der Waals surface area (Å²) in [6.45, 7) is 10.6. The molecule has 1 atom stereocenters. The number of rotatable bonds is 7. The van der Waals surface area contributed by atoms with Gasteiger partial charge in [0.05, 0.1) is 23.7 Å². The summed E-state index contributed by atoms with van der Waals surface area (Å²) in [7, 11) is -3.93. The van der Waals surface area contributed by atoms with E-state index in [1.54, 1.807) is 36.4 Å². The van der Waals surface area contributed by atoms with Gasteiger partial charge in [-0.15, -0.1) is 0 Å². The van der Waals surface area contributed by atoms with E-state index in [0.29, 0.717) is 11.4 Å². The molecular weight excluding hydrogens is 488 g/mol. The first-order chi connectivity index (χ1) is 17.5. The maximum Gasteiger partial charge on any atom is 0.264 e. The smallest absolute Gasteiger partial charge is 0.264 e. The van der Waals surface area contributed by atoms with Crippen LogP contribution in [0.4, 0.5) is 5.69 Å². The lowest BCUT2D eigenvalue weighted by Crippen LogP contribution is -2.51. The fraction of sp³-hybridized carbons (Fsp3) is 0.345.